The molecule has 0 spiro atoms. The minimum Gasteiger partial charge on any atom is -0.481 e. The highest BCUT2D eigenvalue weighted by Gasteiger charge is 2.24. The van der Waals surface area contributed by atoms with E-state index < -0.39 is 55.2 Å². The zero-order valence-electron chi connectivity index (χ0n) is 24.7. The standard InChI is InChI=1S/C32H35N5O8/c1-22-8-5-6-11-26(22)35-32(45)34-25-15-13-24(14-16-25)33-27(38)20-36(18-7-12-29(40)41)28(39)21-37(19-17-30(42)43)31(44)23-9-3-2-4-10-23/h2-6,8-11,13-16H,7,12,17-21H2,1H3,(H,33,38)(H,40,41)(H,42,43)(H2,34,35,45). The molecule has 3 aromatic carbocycles. The van der Waals surface area contributed by atoms with E-state index in [1.165, 1.54) is 12.1 Å². The number of aliphatic carboxylic acids is 2. The molecule has 0 aromatic heterocycles. The summed E-state index contributed by atoms with van der Waals surface area (Å²) in [5.74, 6) is -4.01. The van der Waals surface area contributed by atoms with Gasteiger partial charge in [0.2, 0.25) is 11.8 Å². The smallest absolute Gasteiger partial charge is 0.323 e. The van der Waals surface area contributed by atoms with Gasteiger partial charge in [-0.2, -0.15) is 0 Å². The summed E-state index contributed by atoms with van der Waals surface area (Å²) in [6.45, 7) is 0.598. The third kappa shape index (κ3) is 11.5. The Morgan fingerprint density at radius 3 is 1.87 bits per heavy atom. The van der Waals surface area contributed by atoms with E-state index in [0.29, 0.717) is 17.1 Å². The fourth-order valence-electron chi connectivity index (χ4n) is 4.23. The van der Waals surface area contributed by atoms with E-state index in [9.17, 15) is 28.8 Å². The first kappa shape index (κ1) is 33.8. The molecule has 0 aliphatic carbocycles. The van der Waals surface area contributed by atoms with Gasteiger partial charge in [-0.1, -0.05) is 36.4 Å². The van der Waals surface area contributed by atoms with Crippen LogP contribution in [0.25, 0.3) is 0 Å². The number of urea groups is 1. The molecular formula is C32H35N5O8. The van der Waals surface area contributed by atoms with E-state index in [1.54, 1.807) is 54.6 Å². The molecule has 0 fully saturated rings. The molecule has 3 aromatic rings. The minimum absolute atomic E-state index is 0.0566. The van der Waals surface area contributed by atoms with Crippen LogP contribution in [0.15, 0.2) is 78.9 Å². The van der Waals surface area contributed by atoms with Crippen LogP contribution in [0, 0.1) is 6.92 Å². The van der Waals surface area contributed by atoms with Gasteiger partial charge in [0.05, 0.1) is 13.0 Å². The second kappa shape index (κ2) is 16.8. The van der Waals surface area contributed by atoms with Gasteiger partial charge in [-0.15, -0.1) is 0 Å². The summed E-state index contributed by atoms with van der Waals surface area (Å²) in [7, 11) is 0. The Balaban J connectivity index is 1.64. The van der Waals surface area contributed by atoms with Crippen LogP contribution in [0.2, 0.25) is 0 Å². The lowest BCUT2D eigenvalue weighted by Gasteiger charge is -2.27. The monoisotopic (exact) mass is 617 g/mol. The average molecular weight is 618 g/mol. The molecule has 0 saturated carbocycles. The number of hydrogen-bond donors (Lipinski definition) is 5. The fraction of sp³-hybridized carbons (Fsp3) is 0.250. The second-order valence-corrected chi connectivity index (χ2v) is 10.1. The number of carbonyl (C=O) groups is 6. The number of benzene rings is 3. The summed E-state index contributed by atoms with van der Waals surface area (Å²) < 4.78 is 0. The van der Waals surface area contributed by atoms with Crippen molar-refractivity contribution in [1.29, 1.82) is 0 Å². The SMILES string of the molecule is Cc1ccccc1NC(=O)Nc1ccc(NC(=O)CN(CCCC(=O)O)C(=O)CN(CCC(=O)O)C(=O)c2ccccc2)cc1. The van der Waals surface area contributed by atoms with Gasteiger partial charge in [0.15, 0.2) is 0 Å². The molecule has 0 heterocycles. The van der Waals surface area contributed by atoms with Crippen molar-refractivity contribution in [1.82, 2.24) is 9.80 Å². The van der Waals surface area contributed by atoms with Gasteiger partial charge in [-0.05, 0) is 61.4 Å². The van der Waals surface area contributed by atoms with Gasteiger partial charge in [0, 0.05) is 42.1 Å². The summed E-state index contributed by atoms with van der Waals surface area (Å²) in [4.78, 5) is 76.1. The quantitative estimate of drug-likeness (QED) is 0.170. The third-order valence-electron chi connectivity index (χ3n) is 6.56. The maximum Gasteiger partial charge on any atom is 0.323 e. The van der Waals surface area contributed by atoms with Gasteiger partial charge in [0.1, 0.15) is 6.54 Å². The molecule has 5 N–H and O–H groups in total. The van der Waals surface area contributed by atoms with E-state index in [0.717, 1.165) is 15.4 Å². The number of para-hydroxylation sites is 1. The maximum atomic E-state index is 13.3. The number of nitrogens with zero attached hydrogens (tertiary/aromatic N) is 2. The van der Waals surface area contributed by atoms with Crippen LogP contribution in [0.4, 0.5) is 21.9 Å². The zero-order valence-corrected chi connectivity index (χ0v) is 24.7. The van der Waals surface area contributed by atoms with Crippen molar-refractivity contribution >= 4 is 52.8 Å². The Labute approximate surface area is 259 Å². The Morgan fingerprint density at radius 1 is 0.644 bits per heavy atom. The first-order valence-electron chi connectivity index (χ1n) is 14.1. The lowest BCUT2D eigenvalue weighted by Crippen LogP contribution is -2.46. The molecule has 3 rings (SSSR count). The van der Waals surface area contributed by atoms with Gasteiger partial charge < -0.3 is 36.0 Å². The fourth-order valence-corrected chi connectivity index (χ4v) is 4.23. The number of aryl methyl sites for hydroxylation is 1. The number of carboxylic acids is 2. The summed E-state index contributed by atoms with van der Waals surface area (Å²) in [5.41, 5.74) is 2.67. The normalized spacial score (nSPS) is 10.3. The number of nitrogens with one attached hydrogen (secondary N) is 3. The van der Waals surface area contributed by atoms with E-state index in [-0.39, 0.29) is 31.5 Å². The van der Waals surface area contributed by atoms with Crippen LogP contribution < -0.4 is 16.0 Å². The molecule has 0 aliphatic rings. The van der Waals surface area contributed by atoms with E-state index in [1.807, 2.05) is 19.1 Å². The second-order valence-electron chi connectivity index (χ2n) is 10.1. The number of anilines is 3. The predicted octanol–water partition coefficient (Wildman–Crippen LogP) is 3.89. The topological polar surface area (TPSA) is 185 Å². The van der Waals surface area contributed by atoms with E-state index in [2.05, 4.69) is 16.0 Å². The van der Waals surface area contributed by atoms with Crippen LogP contribution in [0.5, 0.6) is 0 Å². The highest BCUT2D eigenvalue weighted by atomic mass is 16.4. The molecule has 0 aliphatic heterocycles. The van der Waals surface area contributed by atoms with Crippen LogP contribution in [-0.2, 0) is 19.2 Å². The molecular weight excluding hydrogens is 582 g/mol. The van der Waals surface area contributed by atoms with Crippen molar-refractivity contribution in [2.24, 2.45) is 0 Å². The summed E-state index contributed by atoms with van der Waals surface area (Å²) in [6.07, 6.45) is -0.590. The Kier molecular flexibility index (Phi) is 12.6. The van der Waals surface area contributed by atoms with E-state index >= 15 is 0 Å². The molecule has 5 amide bonds. The molecule has 13 nitrogen and oxygen atoms in total. The largest absolute Gasteiger partial charge is 0.481 e. The molecule has 0 radical (unpaired) electrons. The highest BCUT2D eigenvalue weighted by molar-refractivity contribution is 6.01. The van der Waals surface area contributed by atoms with Gasteiger partial charge in [-0.3, -0.25) is 24.0 Å². The Morgan fingerprint density at radius 2 is 1.24 bits per heavy atom. The van der Waals surface area contributed by atoms with Crippen molar-refractivity contribution in [2.45, 2.75) is 26.2 Å². The maximum absolute atomic E-state index is 13.3. The van der Waals surface area contributed by atoms with Crippen LogP contribution in [0.1, 0.15) is 35.2 Å². The van der Waals surface area contributed by atoms with Gasteiger partial charge >= 0.3 is 18.0 Å². The summed E-state index contributed by atoms with van der Waals surface area (Å²) in [5, 5.41) is 26.3. The predicted molar refractivity (Wildman–Crippen MR) is 167 cm³/mol. The molecule has 0 unspecified atom stereocenters. The highest BCUT2D eigenvalue weighted by Crippen LogP contribution is 2.17. The van der Waals surface area contributed by atoms with Crippen molar-refractivity contribution < 1.29 is 39.0 Å². The number of carbonyl (C=O) groups excluding carboxylic acids is 4. The van der Waals surface area contributed by atoms with Crippen molar-refractivity contribution in [3.63, 3.8) is 0 Å². The molecule has 0 atom stereocenters. The lowest BCUT2D eigenvalue weighted by molar-refractivity contribution is -0.139. The molecule has 45 heavy (non-hydrogen) atoms. The van der Waals surface area contributed by atoms with Crippen LogP contribution in [0.3, 0.4) is 0 Å². The third-order valence-corrected chi connectivity index (χ3v) is 6.56. The number of carboxylic acid groups (broad SMARTS) is 2. The molecule has 0 bridgehead atoms. The number of hydrogen-bond acceptors (Lipinski definition) is 6. The summed E-state index contributed by atoms with van der Waals surface area (Å²) >= 11 is 0. The minimum atomic E-state index is -1.15. The first-order valence-corrected chi connectivity index (χ1v) is 14.1. The zero-order chi connectivity index (χ0) is 32.8. The first-order chi connectivity index (χ1) is 21.5. The average Bonchev–Trinajstić information content (AvgIpc) is 3.00. The Hall–Kier alpha value is -5.72. The number of amides is 5. The van der Waals surface area contributed by atoms with E-state index in [4.69, 9.17) is 10.2 Å². The van der Waals surface area contributed by atoms with Crippen LogP contribution >= 0.6 is 0 Å². The van der Waals surface area contributed by atoms with Gasteiger partial charge in [-0.25, -0.2) is 4.79 Å². The summed E-state index contributed by atoms with van der Waals surface area (Å²) in [6, 6.07) is 21.2. The molecule has 0 saturated heterocycles. The van der Waals surface area contributed by atoms with Crippen molar-refractivity contribution in [3.8, 4) is 0 Å². The number of rotatable bonds is 15. The van der Waals surface area contributed by atoms with Crippen molar-refractivity contribution in [3.05, 3.63) is 90.0 Å². The van der Waals surface area contributed by atoms with Gasteiger partial charge in [0.25, 0.3) is 5.91 Å². The van der Waals surface area contributed by atoms with Crippen molar-refractivity contribution in [2.75, 3.05) is 42.1 Å². The molecule has 13 heteroatoms. The van der Waals surface area contributed by atoms with Crippen LogP contribution in [-0.4, -0.2) is 81.9 Å². The molecule has 236 valence electrons. The Bertz CT molecular complexity index is 1510. The lowest BCUT2D eigenvalue weighted by atomic mass is 10.2.